The molecule has 1 saturated heterocycles. The van der Waals surface area contributed by atoms with Crippen LogP contribution in [0.15, 0.2) is 4.99 Å². The van der Waals surface area contributed by atoms with E-state index in [0.29, 0.717) is 19.5 Å². The highest BCUT2D eigenvalue weighted by Crippen LogP contribution is 2.24. The predicted octanol–water partition coefficient (Wildman–Crippen LogP) is 0.608. The standard InChI is InChI=1S/C16H30N4O3/c1-6-17-16(18-8-7-14(21)19-11(2)3)20-9-12(4)13(10-20)15(22)23-5/h11-13H,6-10H2,1-5H3,(H,17,18)(H,19,21). The van der Waals surface area contributed by atoms with Crippen LogP contribution in [0.1, 0.15) is 34.1 Å². The summed E-state index contributed by atoms with van der Waals surface area (Å²) in [5, 5.41) is 6.08. The molecule has 2 atom stereocenters. The molecule has 0 radical (unpaired) electrons. The molecule has 132 valence electrons. The Morgan fingerprint density at radius 2 is 2.04 bits per heavy atom. The van der Waals surface area contributed by atoms with Crippen LogP contribution in [0, 0.1) is 11.8 Å². The van der Waals surface area contributed by atoms with Gasteiger partial charge in [-0.05, 0) is 26.7 Å². The molecule has 1 aliphatic heterocycles. The lowest BCUT2D eigenvalue weighted by Crippen LogP contribution is -2.41. The Morgan fingerprint density at radius 3 is 2.61 bits per heavy atom. The summed E-state index contributed by atoms with van der Waals surface area (Å²) < 4.78 is 4.86. The van der Waals surface area contributed by atoms with Crippen molar-refractivity contribution in [3.05, 3.63) is 0 Å². The predicted molar refractivity (Wildman–Crippen MR) is 90.1 cm³/mol. The van der Waals surface area contributed by atoms with Gasteiger partial charge in [-0.1, -0.05) is 6.92 Å². The summed E-state index contributed by atoms with van der Waals surface area (Å²) in [6, 6.07) is 0.139. The number of amides is 1. The molecule has 1 fully saturated rings. The number of esters is 1. The van der Waals surface area contributed by atoms with Gasteiger partial charge in [0.15, 0.2) is 5.96 Å². The van der Waals surface area contributed by atoms with E-state index in [1.807, 2.05) is 27.7 Å². The third-order valence-electron chi connectivity index (χ3n) is 3.80. The van der Waals surface area contributed by atoms with Gasteiger partial charge in [-0.2, -0.15) is 0 Å². The van der Waals surface area contributed by atoms with Gasteiger partial charge in [0.05, 0.1) is 19.6 Å². The molecule has 2 unspecified atom stereocenters. The summed E-state index contributed by atoms with van der Waals surface area (Å²) in [6.07, 6.45) is 0.358. The minimum atomic E-state index is -0.174. The molecule has 1 heterocycles. The van der Waals surface area contributed by atoms with E-state index in [-0.39, 0.29) is 29.8 Å². The topological polar surface area (TPSA) is 83.0 Å². The van der Waals surface area contributed by atoms with Crippen LogP contribution in [0.4, 0.5) is 0 Å². The molecule has 0 aliphatic carbocycles. The molecule has 7 nitrogen and oxygen atoms in total. The van der Waals surface area contributed by atoms with Gasteiger partial charge in [0.2, 0.25) is 5.91 Å². The van der Waals surface area contributed by atoms with E-state index in [0.717, 1.165) is 19.0 Å². The summed E-state index contributed by atoms with van der Waals surface area (Å²) in [4.78, 5) is 30.0. The summed E-state index contributed by atoms with van der Waals surface area (Å²) in [7, 11) is 1.42. The summed E-state index contributed by atoms with van der Waals surface area (Å²) in [5.41, 5.74) is 0. The molecular formula is C16H30N4O3. The van der Waals surface area contributed by atoms with Crippen LogP contribution in [0.5, 0.6) is 0 Å². The smallest absolute Gasteiger partial charge is 0.310 e. The molecule has 0 saturated carbocycles. The fraction of sp³-hybridized carbons (Fsp3) is 0.812. The van der Waals surface area contributed by atoms with Crippen LogP contribution in [-0.2, 0) is 14.3 Å². The van der Waals surface area contributed by atoms with Crippen molar-refractivity contribution in [2.45, 2.75) is 40.2 Å². The van der Waals surface area contributed by atoms with Crippen LogP contribution in [0.3, 0.4) is 0 Å². The Labute approximate surface area is 138 Å². The van der Waals surface area contributed by atoms with Crippen molar-refractivity contribution in [3.63, 3.8) is 0 Å². The highest BCUT2D eigenvalue weighted by Gasteiger charge is 2.36. The number of aliphatic imine (C=N–C) groups is 1. The van der Waals surface area contributed by atoms with E-state index in [1.54, 1.807) is 0 Å². The Balaban J connectivity index is 2.62. The number of nitrogens with zero attached hydrogens (tertiary/aromatic N) is 2. The third kappa shape index (κ3) is 6.08. The molecular weight excluding hydrogens is 296 g/mol. The lowest BCUT2D eigenvalue weighted by Gasteiger charge is -2.21. The van der Waals surface area contributed by atoms with E-state index in [1.165, 1.54) is 7.11 Å². The first-order valence-electron chi connectivity index (χ1n) is 8.29. The van der Waals surface area contributed by atoms with E-state index >= 15 is 0 Å². The number of hydrogen-bond donors (Lipinski definition) is 2. The van der Waals surface area contributed by atoms with Gasteiger partial charge in [-0.25, -0.2) is 0 Å². The Hall–Kier alpha value is -1.79. The van der Waals surface area contributed by atoms with Gasteiger partial charge in [-0.3, -0.25) is 14.6 Å². The lowest BCUT2D eigenvalue weighted by molar-refractivity contribution is -0.146. The van der Waals surface area contributed by atoms with Crippen LogP contribution < -0.4 is 10.6 Å². The summed E-state index contributed by atoms with van der Waals surface area (Å²) in [5.74, 6) is 0.667. The van der Waals surface area contributed by atoms with Crippen molar-refractivity contribution in [1.82, 2.24) is 15.5 Å². The maximum atomic E-state index is 11.8. The minimum absolute atomic E-state index is 0.00169. The second kappa shape index (κ2) is 9.37. The summed E-state index contributed by atoms with van der Waals surface area (Å²) >= 11 is 0. The van der Waals surface area contributed by atoms with Crippen molar-refractivity contribution in [2.24, 2.45) is 16.8 Å². The van der Waals surface area contributed by atoms with Crippen molar-refractivity contribution in [1.29, 1.82) is 0 Å². The van der Waals surface area contributed by atoms with E-state index in [4.69, 9.17) is 4.74 Å². The molecule has 1 amide bonds. The molecule has 1 aliphatic rings. The molecule has 23 heavy (non-hydrogen) atoms. The first-order valence-corrected chi connectivity index (χ1v) is 8.29. The number of carbonyl (C=O) groups excluding carboxylic acids is 2. The first kappa shape index (κ1) is 19.3. The van der Waals surface area contributed by atoms with Crippen LogP contribution >= 0.6 is 0 Å². The number of nitrogens with one attached hydrogen (secondary N) is 2. The van der Waals surface area contributed by atoms with Crippen LogP contribution in [-0.4, -0.2) is 62.1 Å². The Morgan fingerprint density at radius 1 is 1.35 bits per heavy atom. The number of methoxy groups -OCH3 is 1. The number of carbonyl (C=O) groups is 2. The Bertz CT molecular complexity index is 437. The molecule has 0 aromatic rings. The van der Waals surface area contributed by atoms with Crippen molar-refractivity contribution >= 4 is 17.8 Å². The maximum Gasteiger partial charge on any atom is 0.310 e. The van der Waals surface area contributed by atoms with Gasteiger partial charge >= 0.3 is 5.97 Å². The minimum Gasteiger partial charge on any atom is -0.469 e. The van der Waals surface area contributed by atoms with Gasteiger partial charge < -0.3 is 20.3 Å². The van der Waals surface area contributed by atoms with Crippen molar-refractivity contribution in [3.8, 4) is 0 Å². The van der Waals surface area contributed by atoms with Crippen molar-refractivity contribution < 1.29 is 14.3 Å². The molecule has 2 N–H and O–H groups in total. The monoisotopic (exact) mass is 326 g/mol. The number of ether oxygens (including phenoxy) is 1. The van der Waals surface area contributed by atoms with E-state index < -0.39 is 0 Å². The van der Waals surface area contributed by atoms with Crippen molar-refractivity contribution in [2.75, 3.05) is 33.3 Å². The quantitative estimate of drug-likeness (QED) is 0.424. The SMILES string of the molecule is CCNC(=NCCC(=O)NC(C)C)N1CC(C)C(C(=O)OC)C1. The van der Waals surface area contributed by atoms with E-state index in [9.17, 15) is 9.59 Å². The molecule has 0 aromatic heterocycles. The molecule has 0 bridgehead atoms. The number of guanidine groups is 1. The average Bonchev–Trinajstić information content (AvgIpc) is 2.86. The van der Waals surface area contributed by atoms with Gasteiger partial charge in [0.1, 0.15) is 0 Å². The van der Waals surface area contributed by atoms with Crippen LogP contribution in [0.2, 0.25) is 0 Å². The highest BCUT2D eigenvalue weighted by atomic mass is 16.5. The molecule has 0 spiro atoms. The summed E-state index contributed by atoms with van der Waals surface area (Å²) in [6.45, 7) is 10.4. The zero-order valence-corrected chi connectivity index (χ0v) is 14.9. The zero-order valence-electron chi connectivity index (χ0n) is 14.9. The third-order valence-corrected chi connectivity index (χ3v) is 3.80. The maximum absolute atomic E-state index is 11.8. The average molecular weight is 326 g/mol. The highest BCUT2D eigenvalue weighted by molar-refractivity contribution is 5.83. The molecule has 1 rings (SSSR count). The van der Waals surface area contributed by atoms with Gasteiger partial charge in [-0.15, -0.1) is 0 Å². The molecule has 7 heteroatoms. The van der Waals surface area contributed by atoms with E-state index in [2.05, 4.69) is 20.5 Å². The fourth-order valence-corrected chi connectivity index (χ4v) is 2.68. The Kier molecular flexibility index (Phi) is 7.85. The number of rotatable bonds is 6. The fourth-order valence-electron chi connectivity index (χ4n) is 2.68. The number of hydrogen-bond acceptors (Lipinski definition) is 4. The second-order valence-electron chi connectivity index (χ2n) is 6.22. The molecule has 0 aromatic carbocycles. The zero-order chi connectivity index (χ0) is 17.4. The first-order chi connectivity index (χ1) is 10.9. The van der Waals surface area contributed by atoms with Gasteiger partial charge in [0.25, 0.3) is 0 Å². The normalized spacial score (nSPS) is 21.5. The lowest BCUT2D eigenvalue weighted by atomic mass is 9.99. The van der Waals surface area contributed by atoms with Gasteiger partial charge in [0, 0.05) is 32.1 Å². The van der Waals surface area contributed by atoms with Crippen LogP contribution in [0.25, 0.3) is 0 Å². The second-order valence-corrected chi connectivity index (χ2v) is 6.22. The number of likely N-dealkylation sites (tertiary alicyclic amines) is 1. The largest absolute Gasteiger partial charge is 0.469 e.